The van der Waals surface area contributed by atoms with Gasteiger partial charge in [0, 0.05) is 35.3 Å². The number of ether oxygens (including phenoxy) is 1. The highest BCUT2D eigenvalue weighted by Gasteiger charge is 2.34. The highest BCUT2D eigenvalue weighted by Crippen LogP contribution is 2.33. The van der Waals surface area contributed by atoms with Crippen LogP contribution in [0.5, 0.6) is 0 Å². The molecule has 3 aromatic rings. The summed E-state index contributed by atoms with van der Waals surface area (Å²) in [5, 5.41) is 0.475. The molecule has 2 aliphatic heterocycles. The SMILES string of the molecule is O=C(OCc1ccccc1)N1CCC(N2C(=O)CN=C(c3ccccc3F)c3cc(Cl)ccc32)CC1. The van der Waals surface area contributed by atoms with Gasteiger partial charge >= 0.3 is 6.09 Å². The molecular weight excluding hydrogens is 481 g/mol. The maximum atomic E-state index is 14.7. The molecule has 0 radical (unpaired) electrons. The summed E-state index contributed by atoms with van der Waals surface area (Å²) in [5.41, 5.74) is 2.92. The second-order valence-electron chi connectivity index (χ2n) is 8.83. The van der Waals surface area contributed by atoms with Gasteiger partial charge in [0.25, 0.3) is 0 Å². The molecule has 0 aromatic heterocycles. The molecule has 0 saturated carbocycles. The van der Waals surface area contributed by atoms with Crippen LogP contribution >= 0.6 is 11.6 Å². The van der Waals surface area contributed by atoms with Gasteiger partial charge in [0.05, 0.1) is 11.4 Å². The van der Waals surface area contributed by atoms with Gasteiger partial charge in [0.2, 0.25) is 5.91 Å². The molecular formula is C28H25ClFN3O3. The highest BCUT2D eigenvalue weighted by atomic mass is 35.5. The molecule has 36 heavy (non-hydrogen) atoms. The average molecular weight is 506 g/mol. The predicted octanol–water partition coefficient (Wildman–Crippen LogP) is 5.46. The van der Waals surface area contributed by atoms with Crippen LogP contribution in [0.2, 0.25) is 5.02 Å². The molecule has 0 N–H and O–H groups in total. The fraction of sp³-hybridized carbons (Fsp3) is 0.250. The van der Waals surface area contributed by atoms with E-state index in [0.717, 1.165) is 5.56 Å². The zero-order valence-corrected chi connectivity index (χ0v) is 20.3. The summed E-state index contributed by atoms with van der Waals surface area (Å²) >= 11 is 6.31. The van der Waals surface area contributed by atoms with Crippen LogP contribution in [0.25, 0.3) is 0 Å². The molecule has 1 fully saturated rings. The van der Waals surface area contributed by atoms with Gasteiger partial charge in [-0.05, 0) is 48.7 Å². The smallest absolute Gasteiger partial charge is 0.410 e. The van der Waals surface area contributed by atoms with Gasteiger partial charge in [0.15, 0.2) is 0 Å². The Labute approximate surface area is 214 Å². The molecule has 5 rings (SSSR count). The molecule has 2 amide bonds. The van der Waals surface area contributed by atoms with Crippen LogP contribution in [0.15, 0.2) is 77.8 Å². The lowest BCUT2D eigenvalue weighted by atomic mass is 9.97. The van der Waals surface area contributed by atoms with Crippen LogP contribution in [0.4, 0.5) is 14.9 Å². The van der Waals surface area contributed by atoms with Gasteiger partial charge in [-0.3, -0.25) is 9.79 Å². The summed E-state index contributed by atoms with van der Waals surface area (Å²) in [4.78, 5) is 33.8. The molecule has 0 spiro atoms. The monoisotopic (exact) mass is 505 g/mol. The van der Waals surface area contributed by atoms with Crippen molar-refractivity contribution >= 4 is 35.0 Å². The molecule has 0 bridgehead atoms. The van der Waals surface area contributed by atoms with Crippen molar-refractivity contribution in [3.05, 3.63) is 100 Å². The van der Waals surface area contributed by atoms with E-state index in [0.29, 0.717) is 53.5 Å². The lowest BCUT2D eigenvalue weighted by Crippen LogP contribution is -2.49. The standard InChI is InChI=1S/C28H25ClFN3O3/c29-20-10-11-25-23(16-20)27(22-8-4-5-9-24(22)30)31-17-26(34)33(25)21-12-14-32(15-13-21)28(35)36-18-19-6-2-1-3-7-19/h1-11,16,21H,12-15,17-18H2. The number of likely N-dealkylation sites (tertiary alicyclic amines) is 1. The van der Waals surface area contributed by atoms with Crippen molar-refractivity contribution in [3.8, 4) is 0 Å². The van der Waals surface area contributed by atoms with Gasteiger partial charge in [-0.2, -0.15) is 0 Å². The van der Waals surface area contributed by atoms with E-state index in [1.807, 2.05) is 30.3 Å². The van der Waals surface area contributed by atoms with Crippen molar-refractivity contribution in [3.63, 3.8) is 0 Å². The van der Waals surface area contributed by atoms with Crippen molar-refractivity contribution in [2.24, 2.45) is 4.99 Å². The number of aliphatic imine (C=N–C) groups is 1. The van der Waals surface area contributed by atoms with E-state index >= 15 is 0 Å². The van der Waals surface area contributed by atoms with Gasteiger partial charge in [-0.1, -0.05) is 54.1 Å². The van der Waals surface area contributed by atoms with E-state index in [-0.39, 0.29) is 31.2 Å². The molecule has 0 atom stereocenters. The third-order valence-electron chi connectivity index (χ3n) is 6.54. The maximum Gasteiger partial charge on any atom is 0.410 e. The van der Waals surface area contributed by atoms with E-state index in [1.54, 1.807) is 46.2 Å². The van der Waals surface area contributed by atoms with Crippen LogP contribution < -0.4 is 4.90 Å². The van der Waals surface area contributed by atoms with E-state index in [4.69, 9.17) is 16.3 Å². The van der Waals surface area contributed by atoms with Crippen molar-refractivity contribution in [2.75, 3.05) is 24.5 Å². The minimum Gasteiger partial charge on any atom is -0.445 e. The van der Waals surface area contributed by atoms with Crippen LogP contribution in [0.3, 0.4) is 0 Å². The first-order valence-electron chi connectivity index (χ1n) is 11.9. The molecule has 6 nitrogen and oxygen atoms in total. The van der Waals surface area contributed by atoms with E-state index in [9.17, 15) is 14.0 Å². The zero-order valence-electron chi connectivity index (χ0n) is 19.6. The summed E-state index contributed by atoms with van der Waals surface area (Å²) in [6.45, 7) is 1.04. The normalized spacial score (nSPS) is 16.3. The zero-order chi connectivity index (χ0) is 25.1. The molecule has 3 aromatic carbocycles. The Morgan fingerprint density at radius 3 is 2.47 bits per heavy atom. The Kier molecular flexibility index (Phi) is 7.00. The number of amides is 2. The number of carbonyl (C=O) groups is 2. The van der Waals surface area contributed by atoms with Gasteiger partial charge < -0.3 is 14.5 Å². The number of anilines is 1. The molecule has 1 saturated heterocycles. The van der Waals surface area contributed by atoms with Crippen molar-refractivity contribution in [1.29, 1.82) is 0 Å². The summed E-state index contributed by atoms with van der Waals surface area (Å²) in [6.07, 6.45) is 0.809. The first kappa shape index (κ1) is 24.0. The fourth-order valence-corrected chi connectivity index (χ4v) is 4.92. The van der Waals surface area contributed by atoms with Gasteiger partial charge in [0.1, 0.15) is 19.0 Å². The summed E-state index contributed by atoms with van der Waals surface area (Å²) in [7, 11) is 0. The first-order chi connectivity index (χ1) is 17.5. The van der Waals surface area contributed by atoms with Gasteiger partial charge in [-0.15, -0.1) is 0 Å². The minimum absolute atomic E-state index is 0.102. The lowest BCUT2D eigenvalue weighted by Gasteiger charge is -2.38. The van der Waals surface area contributed by atoms with Crippen LogP contribution in [-0.2, 0) is 16.1 Å². The number of carbonyl (C=O) groups excluding carboxylic acids is 2. The van der Waals surface area contributed by atoms with Crippen LogP contribution in [0, 0.1) is 5.82 Å². The first-order valence-corrected chi connectivity index (χ1v) is 12.3. The van der Waals surface area contributed by atoms with E-state index < -0.39 is 5.82 Å². The highest BCUT2D eigenvalue weighted by molar-refractivity contribution is 6.32. The number of rotatable bonds is 4. The minimum atomic E-state index is -0.412. The summed E-state index contributed by atoms with van der Waals surface area (Å²) < 4.78 is 20.1. The van der Waals surface area contributed by atoms with E-state index in [2.05, 4.69) is 4.99 Å². The second-order valence-corrected chi connectivity index (χ2v) is 9.26. The molecule has 0 unspecified atom stereocenters. The number of nitrogens with zero attached hydrogens (tertiary/aromatic N) is 3. The quantitative estimate of drug-likeness (QED) is 0.472. The molecule has 184 valence electrons. The van der Waals surface area contributed by atoms with Crippen molar-refractivity contribution in [2.45, 2.75) is 25.5 Å². The second kappa shape index (κ2) is 10.5. The Balaban J connectivity index is 1.34. The topological polar surface area (TPSA) is 62.2 Å². The Morgan fingerprint density at radius 1 is 1.00 bits per heavy atom. The number of hydrogen-bond acceptors (Lipinski definition) is 4. The number of hydrogen-bond donors (Lipinski definition) is 0. The third kappa shape index (κ3) is 4.97. The van der Waals surface area contributed by atoms with Gasteiger partial charge in [-0.25, -0.2) is 9.18 Å². The molecule has 0 aliphatic carbocycles. The lowest BCUT2D eigenvalue weighted by molar-refractivity contribution is -0.117. The molecule has 2 aliphatic rings. The summed E-state index contributed by atoms with van der Waals surface area (Å²) in [6, 6.07) is 21.0. The van der Waals surface area contributed by atoms with Crippen LogP contribution in [0.1, 0.15) is 29.5 Å². The predicted molar refractivity (Wildman–Crippen MR) is 137 cm³/mol. The number of benzene rings is 3. The van der Waals surface area contributed by atoms with Crippen molar-refractivity contribution < 1.29 is 18.7 Å². The third-order valence-corrected chi connectivity index (χ3v) is 6.77. The Hall–Kier alpha value is -3.71. The molecule has 2 heterocycles. The Bertz CT molecular complexity index is 1310. The number of benzodiazepines with no additional fused rings is 1. The number of fused-ring (bicyclic) bond motifs is 1. The van der Waals surface area contributed by atoms with E-state index in [1.165, 1.54) is 6.07 Å². The number of halogens is 2. The average Bonchev–Trinajstić information content (AvgIpc) is 3.04. The molecule has 8 heteroatoms. The largest absolute Gasteiger partial charge is 0.445 e. The number of piperidine rings is 1. The summed E-state index contributed by atoms with van der Waals surface area (Å²) in [5.74, 6) is -0.583. The van der Waals surface area contributed by atoms with Crippen molar-refractivity contribution in [1.82, 2.24) is 4.90 Å². The van der Waals surface area contributed by atoms with Crippen LogP contribution in [-0.4, -0.2) is 48.3 Å². The maximum absolute atomic E-state index is 14.7. The Morgan fingerprint density at radius 2 is 1.72 bits per heavy atom. The fourth-order valence-electron chi connectivity index (χ4n) is 4.75.